The van der Waals surface area contributed by atoms with E-state index in [1.165, 1.54) is 6.26 Å². The molecule has 0 radical (unpaired) electrons. The number of cyclic esters (lactones) is 1. The summed E-state index contributed by atoms with van der Waals surface area (Å²) in [6, 6.07) is 0. The van der Waals surface area contributed by atoms with Gasteiger partial charge in [0.25, 0.3) is 6.29 Å². The SMILES string of the molecule is CC1=C[C@@H](O/C=C2/C(=O)O[C@@H]3C4=C(CCCC4(C)C)C(O)[C@H]23)OC1=O. The fourth-order valence-corrected chi connectivity index (χ4v) is 4.49. The van der Waals surface area contributed by atoms with E-state index in [4.69, 9.17) is 14.2 Å². The van der Waals surface area contributed by atoms with E-state index in [9.17, 15) is 14.7 Å². The normalized spacial score (nSPS) is 37.6. The fourth-order valence-electron chi connectivity index (χ4n) is 4.49. The maximum absolute atomic E-state index is 12.3. The first-order chi connectivity index (χ1) is 11.8. The molecule has 2 aliphatic heterocycles. The third-order valence-electron chi connectivity index (χ3n) is 5.72. The lowest BCUT2D eigenvalue weighted by molar-refractivity contribution is -0.152. The molecule has 0 aromatic heterocycles. The first-order valence-electron chi connectivity index (χ1n) is 8.67. The van der Waals surface area contributed by atoms with E-state index in [1.54, 1.807) is 13.0 Å². The zero-order chi connectivity index (χ0) is 17.9. The van der Waals surface area contributed by atoms with E-state index >= 15 is 0 Å². The molecule has 0 aromatic rings. The summed E-state index contributed by atoms with van der Waals surface area (Å²) in [6.07, 6.45) is 3.70. The van der Waals surface area contributed by atoms with Crippen LogP contribution in [0, 0.1) is 11.3 Å². The first kappa shape index (κ1) is 16.4. The zero-order valence-corrected chi connectivity index (χ0v) is 14.6. The minimum atomic E-state index is -0.843. The van der Waals surface area contributed by atoms with Gasteiger partial charge >= 0.3 is 11.9 Å². The molecule has 4 atom stereocenters. The van der Waals surface area contributed by atoms with Crippen LogP contribution in [0.15, 0.2) is 34.6 Å². The molecule has 2 aliphatic carbocycles. The van der Waals surface area contributed by atoms with Crippen LogP contribution in [0.25, 0.3) is 0 Å². The van der Waals surface area contributed by atoms with Crippen molar-refractivity contribution in [1.29, 1.82) is 0 Å². The topological polar surface area (TPSA) is 82.1 Å². The van der Waals surface area contributed by atoms with Crippen LogP contribution in [-0.2, 0) is 23.8 Å². The number of ether oxygens (including phenoxy) is 3. The molecule has 2 heterocycles. The average molecular weight is 346 g/mol. The highest BCUT2D eigenvalue weighted by atomic mass is 16.7. The number of carbonyl (C=O) groups is 2. The van der Waals surface area contributed by atoms with Gasteiger partial charge in [-0.05, 0) is 42.7 Å². The van der Waals surface area contributed by atoms with Crippen molar-refractivity contribution in [2.24, 2.45) is 11.3 Å². The van der Waals surface area contributed by atoms with Gasteiger partial charge in [-0.2, -0.15) is 0 Å². The number of rotatable bonds is 2. The molecule has 0 amide bonds. The second kappa shape index (κ2) is 5.46. The van der Waals surface area contributed by atoms with Crippen LogP contribution in [0.3, 0.4) is 0 Å². The summed E-state index contributed by atoms with van der Waals surface area (Å²) in [5, 5.41) is 10.8. The molecule has 0 spiro atoms. The molecule has 4 aliphatic rings. The number of hydrogen-bond acceptors (Lipinski definition) is 6. The third kappa shape index (κ3) is 2.42. The maximum atomic E-state index is 12.3. The fraction of sp³-hybridized carbons (Fsp3) is 0.579. The predicted molar refractivity (Wildman–Crippen MR) is 86.8 cm³/mol. The van der Waals surface area contributed by atoms with Crippen LogP contribution < -0.4 is 0 Å². The molecule has 25 heavy (non-hydrogen) atoms. The van der Waals surface area contributed by atoms with Crippen molar-refractivity contribution in [3.8, 4) is 0 Å². The van der Waals surface area contributed by atoms with E-state index in [1.807, 2.05) is 0 Å². The Morgan fingerprint density at radius 1 is 1.28 bits per heavy atom. The van der Waals surface area contributed by atoms with Crippen molar-refractivity contribution in [1.82, 2.24) is 0 Å². The highest BCUT2D eigenvalue weighted by molar-refractivity contribution is 5.93. The Morgan fingerprint density at radius 2 is 2.04 bits per heavy atom. The molecular formula is C19H22O6. The molecule has 6 nitrogen and oxygen atoms in total. The minimum absolute atomic E-state index is 0.0919. The highest BCUT2D eigenvalue weighted by Crippen LogP contribution is 2.54. The Bertz CT molecular complexity index is 741. The second-order valence-electron chi connectivity index (χ2n) is 7.81. The van der Waals surface area contributed by atoms with Crippen LogP contribution in [0.4, 0.5) is 0 Å². The highest BCUT2D eigenvalue weighted by Gasteiger charge is 2.56. The summed E-state index contributed by atoms with van der Waals surface area (Å²) in [4.78, 5) is 23.7. The van der Waals surface area contributed by atoms with Crippen LogP contribution in [0.1, 0.15) is 40.0 Å². The summed E-state index contributed by atoms with van der Waals surface area (Å²) in [5.41, 5.74) is 2.75. The Hall–Kier alpha value is -2.08. The van der Waals surface area contributed by atoms with Crippen LogP contribution >= 0.6 is 0 Å². The molecule has 1 unspecified atom stereocenters. The number of aliphatic hydroxyl groups is 1. The number of fused-ring (bicyclic) bond motifs is 2. The van der Waals surface area contributed by atoms with E-state index < -0.39 is 36.4 Å². The standard InChI is InChI=1S/C19H22O6/c1-9-7-12(24-17(9)21)23-8-11-13-15(20)10-5-4-6-19(2,3)14(10)16(13)25-18(11)22/h7-8,12-13,15-16,20H,4-6H2,1-3H3/b11-8+/t12-,13-,15?,16-/m0/s1. The summed E-state index contributed by atoms with van der Waals surface area (Å²) in [7, 11) is 0. The van der Waals surface area contributed by atoms with Gasteiger partial charge in [-0.1, -0.05) is 13.8 Å². The van der Waals surface area contributed by atoms with E-state index in [0.29, 0.717) is 11.1 Å². The Balaban J connectivity index is 1.60. The summed E-state index contributed by atoms with van der Waals surface area (Å²) in [5.74, 6) is -1.36. The van der Waals surface area contributed by atoms with E-state index in [0.717, 1.165) is 30.4 Å². The van der Waals surface area contributed by atoms with Crippen LogP contribution in [0.2, 0.25) is 0 Å². The first-order valence-corrected chi connectivity index (χ1v) is 8.67. The van der Waals surface area contributed by atoms with Crippen molar-refractivity contribution < 1.29 is 28.9 Å². The van der Waals surface area contributed by atoms with Crippen LogP contribution in [-0.4, -0.2) is 35.5 Å². The van der Waals surface area contributed by atoms with Gasteiger partial charge in [-0.25, -0.2) is 9.59 Å². The molecule has 1 fully saturated rings. The number of aliphatic hydroxyl groups excluding tert-OH is 1. The Morgan fingerprint density at radius 3 is 2.72 bits per heavy atom. The average Bonchev–Trinajstić information content (AvgIpc) is 3.11. The van der Waals surface area contributed by atoms with Gasteiger partial charge in [0, 0.05) is 11.6 Å². The Labute approximate surface area is 146 Å². The van der Waals surface area contributed by atoms with E-state index in [-0.39, 0.29) is 5.41 Å². The summed E-state index contributed by atoms with van der Waals surface area (Å²) in [6.45, 7) is 5.90. The van der Waals surface area contributed by atoms with Crippen molar-refractivity contribution in [2.45, 2.75) is 58.5 Å². The van der Waals surface area contributed by atoms with Crippen molar-refractivity contribution >= 4 is 11.9 Å². The quantitative estimate of drug-likeness (QED) is 0.357. The molecule has 6 heteroatoms. The third-order valence-corrected chi connectivity index (χ3v) is 5.72. The summed E-state index contributed by atoms with van der Waals surface area (Å²) < 4.78 is 16.1. The Kier molecular flexibility index (Phi) is 3.58. The summed E-state index contributed by atoms with van der Waals surface area (Å²) >= 11 is 0. The molecule has 4 rings (SSSR count). The van der Waals surface area contributed by atoms with Gasteiger partial charge in [0.15, 0.2) is 0 Å². The van der Waals surface area contributed by atoms with Crippen molar-refractivity contribution in [3.63, 3.8) is 0 Å². The van der Waals surface area contributed by atoms with Gasteiger partial charge in [0.1, 0.15) is 6.10 Å². The lowest BCUT2D eigenvalue weighted by atomic mass is 9.72. The largest absolute Gasteiger partial charge is 0.458 e. The minimum Gasteiger partial charge on any atom is -0.458 e. The number of hydrogen-bond donors (Lipinski definition) is 1. The van der Waals surface area contributed by atoms with Crippen LogP contribution in [0.5, 0.6) is 0 Å². The predicted octanol–water partition coefficient (Wildman–Crippen LogP) is 2.14. The maximum Gasteiger partial charge on any atom is 0.338 e. The monoisotopic (exact) mass is 346 g/mol. The van der Waals surface area contributed by atoms with Crippen molar-refractivity contribution in [3.05, 3.63) is 34.6 Å². The molecule has 0 aromatic carbocycles. The number of esters is 2. The lowest BCUT2D eigenvalue weighted by Gasteiger charge is -2.34. The molecule has 134 valence electrons. The van der Waals surface area contributed by atoms with E-state index in [2.05, 4.69) is 13.8 Å². The molecule has 0 bridgehead atoms. The smallest absolute Gasteiger partial charge is 0.338 e. The molecule has 0 saturated carbocycles. The van der Waals surface area contributed by atoms with Gasteiger partial charge in [0.05, 0.1) is 23.9 Å². The zero-order valence-electron chi connectivity index (χ0n) is 14.6. The van der Waals surface area contributed by atoms with Gasteiger partial charge in [0.2, 0.25) is 0 Å². The van der Waals surface area contributed by atoms with Gasteiger partial charge in [-0.3, -0.25) is 0 Å². The lowest BCUT2D eigenvalue weighted by Crippen LogP contribution is -2.27. The molecular weight excluding hydrogens is 324 g/mol. The molecule has 1 saturated heterocycles. The van der Waals surface area contributed by atoms with Gasteiger partial charge in [-0.15, -0.1) is 0 Å². The van der Waals surface area contributed by atoms with Crippen molar-refractivity contribution in [2.75, 3.05) is 0 Å². The molecule has 1 N–H and O–H groups in total. The second-order valence-corrected chi connectivity index (χ2v) is 7.81. The van der Waals surface area contributed by atoms with Gasteiger partial charge < -0.3 is 19.3 Å². The number of carbonyl (C=O) groups excluding carboxylic acids is 2.